The number of hydrogen-bond acceptors (Lipinski definition) is 7. The fourth-order valence-electron chi connectivity index (χ4n) is 3.14. The van der Waals surface area contributed by atoms with Crippen LogP contribution in [-0.4, -0.2) is 51.2 Å². The molecular formula is C19H22N6O. The van der Waals surface area contributed by atoms with E-state index in [1.165, 1.54) is 5.56 Å². The van der Waals surface area contributed by atoms with Gasteiger partial charge in [0.15, 0.2) is 0 Å². The fraction of sp³-hybridized carbons (Fsp3) is 0.368. The average molecular weight is 350 g/mol. The summed E-state index contributed by atoms with van der Waals surface area (Å²) in [7, 11) is 0. The molecule has 7 nitrogen and oxygen atoms in total. The molecule has 1 atom stereocenters. The van der Waals surface area contributed by atoms with Crippen molar-refractivity contribution in [2.75, 3.05) is 31.1 Å². The molecule has 0 amide bonds. The lowest BCUT2D eigenvalue weighted by atomic mass is 10.1. The van der Waals surface area contributed by atoms with E-state index in [-0.39, 0.29) is 6.04 Å². The van der Waals surface area contributed by atoms with Crippen molar-refractivity contribution < 1.29 is 4.52 Å². The second-order valence-electron chi connectivity index (χ2n) is 6.57. The zero-order valence-electron chi connectivity index (χ0n) is 15.0. The second kappa shape index (κ2) is 7.21. The van der Waals surface area contributed by atoms with E-state index in [1.807, 2.05) is 18.2 Å². The summed E-state index contributed by atoms with van der Waals surface area (Å²) in [6.45, 7) is 7.75. The van der Waals surface area contributed by atoms with E-state index in [1.54, 1.807) is 12.4 Å². The highest BCUT2D eigenvalue weighted by molar-refractivity contribution is 5.54. The lowest BCUT2D eigenvalue weighted by Crippen LogP contribution is -2.47. The molecule has 134 valence electrons. The van der Waals surface area contributed by atoms with E-state index in [0.29, 0.717) is 11.7 Å². The van der Waals surface area contributed by atoms with E-state index in [9.17, 15) is 0 Å². The Morgan fingerprint density at radius 3 is 2.38 bits per heavy atom. The van der Waals surface area contributed by atoms with Crippen LogP contribution in [0, 0.1) is 6.92 Å². The number of nitrogens with zero attached hydrogens (tertiary/aromatic N) is 6. The lowest BCUT2D eigenvalue weighted by molar-refractivity contribution is 0.163. The molecular weight excluding hydrogens is 328 g/mol. The Hall–Kier alpha value is -2.80. The van der Waals surface area contributed by atoms with Gasteiger partial charge in [0.1, 0.15) is 0 Å². The van der Waals surface area contributed by atoms with Gasteiger partial charge in [0.25, 0.3) is 0 Å². The summed E-state index contributed by atoms with van der Waals surface area (Å²) in [5, 5.41) is 4.15. The summed E-state index contributed by atoms with van der Waals surface area (Å²) in [6.07, 6.45) is 3.56. The molecule has 0 spiro atoms. The molecule has 0 aliphatic carbocycles. The van der Waals surface area contributed by atoms with Gasteiger partial charge >= 0.3 is 0 Å². The van der Waals surface area contributed by atoms with Gasteiger partial charge in [0, 0.05) is 44.1 Å². The predicted molar refractivity (Wildman–Crippen MR) is 98.7 cm³/mol. The maximum Gasteiger partial charge on any atom is 0.244 e. The Kier molecular flexibility index (Phi) is 4.62. The largest absolute Gasteiger partial charge is 0.338 e. The first kappa shape index (κ1) is 16.7. The summed E-state index contributed by atoms with van der Waals surface area (Å²) < 4.78 is 5.53. The quantitative estimate of drug-likeness (QED) is 0.716. The minimum Gasteiger partial charge on any atom is -0.338 e. The summed E-state index contributed by atoms with van der Waals surface area (Å²) in [4.78, 5) is 17.8. The van der Waals surface area contributed by atoms with Crippen molar-refractivity contribution in [3.8, 4) is 11.4 Å². The molecule has 1 aliphatic heterocycles. The Balaban J connectivity index is 1.41. The Bertz CT molecular complexity index is 840. The molecule has 4 rings (SSSR count). The zero-order valence-corrected chi connectivity index (χ0v) is 15.0. The van der Waals surface area contributed by atoms with Crippen LogP contribution in [0.25, 0.3) is 11.4 Å². The third kappa shape index (κ3) is 3.43. The molecule has 26 heavy (non-hydrogen) atoms. The summed E-state index contributed by atoms with van der Waals surface area (Å²) in [6, 6.07) is 10.1. The van der Waals surface area contributed by atoms with Crippen molar-refractivity contribution in [1.29, 1.82) is 0 Å². The van der Waals surface area contributed by atoms with Crippen LogP contribution in [0.2, 0.25) is 0 Å². The summed E-state index contributed by atoms with van der Waals surface area (Å²) in [5.74, 6) is 2.09. The molecule has 1 fully saturated rings. The Labute approximate surface area is 152 Å². The van der Waals surface area contributed by atoms with E-state index >= 15 is 0 Å². The van der Waals surface area contributed by atoms with Crippen molar-refractivity contribution in [2.24, 2.45) is 0 Å². The van der Waals surface area contributed by atoms with Crippen LogP contribution in [0.15, 0.2) is 47.2 Å². The molecule has 1 unspecified atom stereocenters. The molecule has 0 bridgehead atoms. The van der Waals surface area contributed by atoms with E-state index in [4.69, 9.17) is 4.52 Å². The maximum atomic E-state index is 5.53. The first-order chi connectivity index (χ1) is 12.7. The van der Waals surface area contributed by atoms with Crippen LogP contribution in [0.4, 0.5) is 5.95 Å². The monoisotopic (exact) mass is 350 g/mol. The van der Waals surface area contributed by atoms with Crippen molar-refractivity contribution >= 4 is 5.95 Å². The molecule has 3 heterocycles. The third-order valence-electron chi connectivity index (χ3n) is 4.81. The number of rotatable bonds is 4. The lowest BCUT2D eigenvalue weighted by Gasteiger charge is -2.36. The van der Waals surface area contributed by atoms with E-state index < -0.39 is 0 Å². The van der Waals surface area contributed by atoms with Crippen LogP contribution < -0.4 is 4.90 Å². The number of benzene rings is 1. The minimum absolute atomic E-state index is 0.0838. The van der Waals surface area contributed by atoms with Crippen molar-refractivity contribution in [3.05, 3.63) is 54.2 Å². The molecule has 0 N–H and O–H groups in total. The van der Waals surface area contributed by atoms with Crippen molar-refractivity contribution in [3.63, 3.8) is 0 Å². The molecule has 1 aromatic carbocycles. The van der Waals surface area contributed by atoms with Crippen LogP contribution in [0.1, 0.15) is 24.4 Å². The minimum atomic E-state index is 0.0838. The smallest absolute Gasteiger partial charge is 0.244 e. The normalized spacial score (nSPS) is 16.6. The second-order valence-corrected chi connectivity index (χ2v) is 6.57. The van der Waals surface area contributed by atoms with E-state index in [2.05, 4.69) is 55.9 Å². The molecule has 1 aliphatic rings. The van der Waals surface area contributed by atoms with Crippen LogP contribution in [-0.2, 0) is 0 Å². The van der Waals surface area contributed by atoms with Gasteiger partial charge in [0.05, 0.1) is 6.04 Å². The van der Waals surface area contributed by atoms with Gasteiger partial charge in [0.2, 0.25) is 17.7 Å². The van der Waals surface area contributed by atoms with Crippen LogP contribution >= 0.6 is 0 Å². The van der Waals surface area contributed by atoms with Crippen LogP contribution in [0.5, 0.6) is 0 Å². The number of hydrogen-bond donors (Lipinski definition) is 0. The van der Waals surface area contributed by atoms with Gasteiger partial charge in [-0.2, -0.15) is 4.98 Å². The number of piperazine rings is 1. The molecule has 0 radical (unpaired) electrons. The standard InChI is InChI=1S/C19H22N6O/c1-14-4-6-16(7-5-14)17-22-18(26-23-17)15(2)24-10-12-25(13-11-24)19-20-8-3-9-21-19/h3-9,15H,10-13H2,1-2H3. The van der Waals surface area contributed by atoms with Gasteiger partial charge in [-0.05, 0) is 19.9 Å². The number of anilines is 1. The van der Waals surface area contributed by atoms with Gasteiger partial charge in [-0.15, -0.1) is 0 Å². The van der Waals surface area contributed by atoms with Crippen molar-refractivity contribution in [1.82, 2.24) is 25.0 Å². The molecule has 7 heteroatoms. The number of aromatic nitrogens is 4. The molecule has 1 saturated heterocycles. The average Bonchev–Trinajstić information content (AvgIpc) is 3.19. The first-order valence-electron chi connectivity index (χ1n) is 8.87. The third-order valence-corrected chi connectivity index (χ3v) is 4.81. The number of aryl methyl sites for hydroxylation is 1. The molecule has 2 aromatic heterocycles. The van der Waals surface area contributed by atoms with Gasteiger partial charge in [-0.3, -0.25) is 4.90 Å². The van der Waals surface area contributed by atoms with Crippen molar-refractivity contribution in [2.45, 2.75) is 19.9 Å². The maximum absolute atomic E-state index is 5.53. The highest BCUT2D eigenvalue weighted by Crippen LogP contribution is 2.24. The first-order valence-corrected chi connectivity index (χ1v) is 8.87. The van der Waals surface area contributed by atoms with Gasteiger partial charge in [-0.25, -0.2) is 9.97 Å². The van der Waals surface area contributed by atoms with Gasteiger partial charge in [-0.1, -0.05) is 35.0 Å². The van der Waals surface area contributed by atoms with Crippen LogP contribution in [0.3, 0.4) is 0 Å². The van der Waals surface area contributed by atoms with Gasteiger partial charge < -0.3 is 9.42 Å². The topological polar surface area (TPSA) is 71.2 Å². The highest BCUT2D eigenvalue weighted by atomic mass is 16.5. The summed E-state index contributed by atoms with van der Waals surface area (Å²) in [5.41, 5.74) is 2.19. The molecule has 3 aromatic rings. The highest BCUT2D eigenvalue weighted by Gasteiger charge is 2.26. The Morgan fingerprint density at radius 2 is 1.69 bits per heavy atom. The Morgan fingerprint density at radius 1 is 1.00 bits per heavy atom. The van der Waals surface area contributed by atoms with E-state index in [0.717, 1.165) is 37.7 Å². The SMILES string of the molecule is Cc1ccc(-c2noc(C(C)N3CCN(c4ncccn4)CC3)n2)cc1. The molecule has 0 saturated carbocycles. The zero-order chi connectivity index (χ0) is 17.9. The predicted octanol–water partition coefficient (Wildman–Crippen LogP) is 2.72. The fourth-order valence-corrected chi connectivity index (χ4v) is 3.14. The summed E-state index contributed by atoms with van der Waals surface area (Å²) >= 11 is 0.